The fraction of sp³-hybridized carbons (Fsp3) is 0.150. The van der Waals surface area contributed by atoms with Gasteiger partial charge in [-0.2, -0.15) is 0 Å². The van der Waals surface area contributed by atoms with Crippen LogP contribution in [0.15, 0.2) is 70.6 Å². The van der Waals surface area contributed by atoms with Gasteiger partial charge in [-0.3, -0.25) is 9.89 Å². The first-order valence-corrected chi connectivity index (χ1v) is 9.55. The Morgan fingerprint density at radius 3 is 2.63 bits per heavy atom. The summed E-state index contributed by atoms with van der Waals surface area (Å²) in [4.78, 5) is 20.9. The van der Waals surface area contributed by atoms with Crippen molar-refractivity contribution in [1.29, 1.82) is 0 Å². The number of thioether (sulfide) groups is 1. The summed E-state index contributed by atoms with van der Waals surface area (Å²) in [5.74, 6) is 2.12. The molecule has 0 amide bonds. The van der Waals surface area contributed by atoms with Crippen LogP contribution < -0.4 is 10.3 Å². The molecule has 136 valence electrons. The van der Waals surface area contributed by atoms with Gasteiger partial charge in [0.1, 0.15) is 5.75 Å². The lowest BCUT2D eigenvalue weighted by Gasteiger charge is -2.08. The second kappa shape index (κ2) is 7.67. The number of ether oxygens (including phenoxy) is 1. The van der Waals surface area contributed by atoms with Crippen LogP contribution >= 0.6 is 11.8 Å². The fourth-order valence-electron chi connectivity index (χ4n) is 2.62. The molecule has 2 aromatic carbocycles. The highest BCUT2D eigenvalue weighted by molar-refractivity contribution is 7.99. The van der Waals surface area contributed by atoms with Gasteiger partial charge in [0.15, 0.2) is 16.6 Å². The molecule has 2 heterocycles. The molecule has 2 aromatic heterocycles. The minimum atomic E-state index is -0.201. The van der Waals surface area contributed by atoms with Gasteiger partial charge in [0.2, 0.25) is 0 Å². The zero-order chi connectivity index (χ0) is 18.6. The lowest BCUT2D eigenvalue weighted by atomic mass is 10.1. The second-order valence-electron chi connectivity index (χ2n) is 6.02. The largest absolute Gasteiger partial charge is 0.493 e. The van der Waals surface area contributed by atoms with Crippen molar-refractivity contribution in [3.63, 3.8) is 0 Å². The number of para-hydroxylation sites is 1. The van der Waals surface area contributed by atoms with Crippen LogP contribution in [0.3, 0.4) is 0 Å². The first kappa shape index (κ1) is 17.4. The first-order valence-electron chi connectivity index (χ1n) is 8.56. The number of rotatable bonds is 6. The van der Waals surface area contributed by atoms with E-state index in [0.29, 0.717) is 29.0 Å². The summed E-state index contributed by atoms with van der Waals surface area (Å²) >= 11 is 1.51. The van der Waals surface area contributed by atoms with Gasteiger partial charge in [-0.1, -0.05) is 59.8 Å². The summed E-state index contributed by atoms with van der Waals surface area (Å²) in [5, 5.41) is 3.42. The molecule has 0 saturated heterocycles. The van der Waals surface area contributed by atoms with Gasteiger partial charge < -0.3 is 4.74 Å². The van der Waals surface area contributed by atoms with Gasteiger partial charge in [-0.15, -0.1) is 0 Å². The Kier molecular flexibility index (Phi) is 4.93. The van der Waals surface area contributed by atoms with Crippen LogP contribution in [0.1, 0.15) is 5.56 Å². The van der Waals surface area contributed by atoms with Crippen LogP contribution in [-0.2, 0) is 0 Å². The molecule has 6 nitrogen and oxygen atoms in total. The topological polar surface area (TPSA) is 72.3 Å². The van der Waals surface area contributed by atoms with Crippen LogP contribution in [0.25, 0.3) is 17.0 Å². The van der Waals surface area contributed by atoms with Crippen molar-refractivity contribution < 1.29 is 4.74 Å². The number of hydrogen-bond donors (Lipinski definition) is 1. The Labute approximate surface area is 160 Å². The molecular weight excluding hydrogens is 360 g/mol. The number of H-pyrrole nitrogens is 1. The smallest absolute Gasteiger partial charge is 0.266 e. The number of aryl methyl sites for hydroxylation is 1. The highest BCUT2D eigenvalue weighted by Gasteiger charge is 2.11. The Bertz CT molecular complexity index is 1100. The van der Waals surface area contributed by atoms with E-state index in [2.05, 4.69) is 15.1 Å². The van der Waals surface area contributed by atoms with E-state index in [-0.39, 0.29) is 5.56 Å². The Morgan fingerprint density at radius 2 is 1.85 bits per heavy atom. The van der Waals surface area contributed by atoms with Crippen molar-refractivity contribution in [3.8, 4) is 17.1 Å². The molecule has 0 spiro atoms. The molecule has 0 aliphatic heterocycles. The second-order valence-corrected chi connectivity index (χ2v) is 7.08. The van der Waals surface area contributed by atoms with E-state index in [0.717, 1.165) is 11.3 Å². The summed E-state index contributed by atoms with van der Waals surface area (Å²) < 4.78 is 7.35. The van der Waals surface area contributed by atoms with E-state index >= 15 is 0 Å². The maximum atomic E-state index is 11.8. The standard InChI is InChI=1S/C20H18N4O2S/c1-14-7-9-15(10-8-14)19-21-17-13-18(25)23-24(17)20(22-19)27-12-11-26-16-5-3-2-4-6-16/h2-10,13H,11-12H2,1H3,(H,23,25). The highest BCUT2D eigenvalue weighted by atomic mass is 32.2. The molecule has 7 heteroatoms. The Hall–Kier alpha value is -3.06. The number of aromatic nitrogens is 4. The minimum absolute atomic E-state index is 0.201. The maximum absolute atomic E-state index is 11.8. The van der Waals surface area contributed by atoms with Gasteiger partial charge in [0.25, 0.3) is 5.56 Å². The van der Waals surface area contributed by atoms with E-state index in [1.807, 2.05) is 61.5 Å². The highest BCUT2D eigenvalue weighted by Crippen LogP contribution is 2.22. The Balaban J connectivity index is 1.56. The zero-order valence-corrected chi connectivity index (χ0v) is 15.6. The predicted molar refractivity (Wildman–Crippen MR) is 106 cm³/mol. The number of aromatic amines is 1. The number of fused-ring (bicyclic) bond motifs is 1. The monoisotopic (exact) mass is 378 g/mol. The molecule has 0 aliphatic carbocycles. The first-order chi connectivity index (χ1) is 13.2. The lowest BCUT2D eigenvalue weighted by Crippen LogP contribution is -2.06. The van der Waals surface area contributed by atoms with Crippen LogP contribution in [0, 0.1) is 6.92 Å². The van der Waals surface area contributed by atoms with Gasteiger partial charge in [0.05, 0.1) is 6.61 Å². The average Bonchev–Trinajstić information content (AvgIpc) is 3.07. The van der Waals surface area contributed by atoms with Crippen LogP contribution in [-0.4, -0.2) is 31.9 Å². The van der Waals surface area contributed by atoms with E-state index < -0.39 is 0 Å². The summed E-state index contributed by atoms with van der Waals surface area (Å²) in [6, 6.07) is 19.2. The van der Waals surface area contributed by atoms with Crippen LogP contribution in [0.5, 0.6) is 5.75 Å². The van der Waals surface area contributed by atoms with E-state index in [1.165, 1.54) is 23.4 Å². The number of hydrogen-bond acceptors (Lipinski definition) is 5. The van der Waals surface area contributed by atoms with Gasteiger partial charge >= 0.3 is 0 Å². The Morgan fingerprint density at radius 1 is 1.07 bits per heavy atom. The number of nitrogens with one attached hydrogen (secondary N) is 1. The van der Waals surface area contributed by atoms with Gasteiger partial charge in [-0.05, 0) is 19.1 Å². The summed E-state index contributed by atoms with van der Waals surface area (Å²) in [6.45, 7) is 2.57. The van der Waals surface area contributed by atoms with Crippen LogP contribution in [0.4, 0.5) is 0 Å². The third-order valence-corrected chi connectivity index (χ3v) is 4.86. The molecule has 0 saturated carbocycles. The summed E-state index contributed by atoms with van der Waals surface area (Å²) in [6.07, 6.45) is 0. The van der Waals surface area contributed by atoms with Crippen molar-refractivity contribution >= 4 is 17.4 Å². The van der Waals surface area contributed by atoms with Crippen LogP contribution in [0.2, 0.25) is 0 Å². The quantitative estimate of drug-likeness (QED) is 0.410. The molecular formula is C20H18N4O2S. The summed E-state index contributed by atoms with van der Waals surface area (Å²) in [5.41, 5.74) is 2.44. The zero-order valence-electron chi connectivity index (χ0n) is 14.8. The van der Waals surface area contributed by atoms with Gasteiger partial charge in [-0.25, -0.2) is 14.5 Å². The molecule has 0 bridgehead atoms. The third kappa shape index (κ3) is 4.03. The molecule has 27 heavy (non-hydrogen) atoms. The maximum Gasteiger partial charge on any atom is 0.266 e. The molecule has 0 unspecified atom stereocenters. The molecule has 0 fully saturated rings. The minimum Gasteiger partial charge on any atom is -0.493 e. The molecule has 0 radical (unpaired) electrons. The number of nitrogens with zero attached hydrogens (tertiary/aromatic N) is 3. The lowest BCUT2D eigenvalue weighted by molar-refractivity contribution is 0.344. The number of benzene rings is 2. The molecule has 0 atom stereocenters. The summed E-state index contributed by atoms with van der Waals surface area (Å²) in [7, 11) is 0. The molecule has 0 aliphatic rings. The van der Waals surface area contributed by atoms with E-state index in [1.54, 1.807) is 4.52 Å². The van der Waals surface area contributed by atoms with E-state index in [9.17, 15) is 4.79 Å². The van der Waals surface area contributed by atoms with Crippen molar-refractivity contribution in [2.75, 3.05) is 12.4 Å². The van der Waals surface area contributed by atoms with Crippen molar-refractivity contribution in [2.45, 2.75) is 12.1 Å². The predicted octanol–water partition coefficient (Wildman–Crippen LogP) is 3.56. The normalized spacial score (nSPS) is 11.0. The molecule has 1 N–H and O–H groups in total. The SMILES string of the molecule is Cc1ccc(-c2nc(SCCOc3ccccc3)n3[nH]c(=O)cc3n2)cc1. The van der Waals surface area contributed by atoms with Crippen molar-refractivity contribution in [3.05, 3.63) is 76.6 Å². The van der Waals surface area contributed by atoms with Gasteiger partial charge in [0, 0.05) is 17.4 Å². The molecule has 4 aromatic rings. The third-order valence-electron chi connectivity index (χ3n) is 3.96. The van der Waals surface area contributed by atoms with Crippen molar-refractivity contribution in [2.24, 2.45) is 0 Å². The van der Waals surface area contributed by atoms with Crippen molar-refractivity contribution in [1.82, 2.24) is 19.6 Å². The fourth-order valence-corrected chi connectivity index (χ4v) is 3.39. The molecule has 4 rings (SSSR count). The van der Waals surface area contributed by atoms with E-state index in [4.69, 9.17) is 4.74 Å². The average molecular weight is 378 g/mol.